The van der Waals surface area contributed by atoms with Crippen LogP contribution in [0, 0.1) is 12.8 Å². The van der Waals surface area contributed by atoms with Crippen LogP contribution in [0.25, 0.3) is 0 Å². The van der Waals surface area contributed by atoms with E-state index < -0.39 is 0 Å². The average Bonchev–Trinajstić information content (AvgIpc) is 3.03. The molecule has 0 spiro atoms. The van der Waals surface area contributed by atoms with Crippen molar-refractivity contribution in [2.24, 2.45) is 5.92 Å². The lowest BCUT2D eigenvalue weighted by atomic mass is 10.1. The quantitative estimate of drug-likeness (QED) is 0.757. The number of nitrogens with one attached hydrogen (secondary N) is 2. The maximum absolute atomic E-state index is 12.5. The number of benzene rings is 1. The van der Waals surface area contributed by atoms with Gasteiger partial charge in [0.05, 0.1) is 11.0 Å². The summed E-state index contributed by atoms with van der Waals surface area (Å²) >= 11 is 1.40. The highest BCUT2D eigenvalue weighted by Gasteiger charge is 2.28. The number of rotatable bonds is 7. The third-order valence-electron chi connectivity index (χ3n) is 4.24. The van der Waals surface area contributed by atoms with Crippen molar-refractivity contribution in [2.75, 3.05) is 37.8 Å². The molecule has 0 saturated carbocycles. The number of halogens is 1. The van der Waals surface area contributed by atoms with E-state index in [1.54, 1.807) is 0 Å². The number of likely N-dealkylation sites (tertiary alicyclic amines) is 1. The molecule has 0 aliphatic carbocycles. The highest BCUT2D eigenvalue weighted by Crippen LogP contribution is 2.21. The van der Waals surface area contributed by atoms with Crippen molar-refractivity contribution in [3.63, 3.8) is 0 Å². The van der Waals surface area contributed by atoms with Crippen molar-refractivity contribution in [1.82, 2.24) is 10.2 Å². The number of nitrogens with zero attached hydrogens (tertiary/aromatic N) is 1. The van der Waals surface area contributed by atoms with Crippen molar-refractivity contribution < 1.29 is 9.59 Å². The predicted molar refractivity (Wildman–Crippen MR) is 108 cm³/mol. The standard InChI is InChI=1S/C18H27N3O2S.ClH/c1-13-4-6-16(7-5-13)20-17(22)12-24-14(2)18(23)21-9-8-15(11-21)10-19-3;/h4-7,14-15,19H,8-12H2,1-3H3,(H,20,22);1H. The van der Waals surface area contributed by atoms with Crippen LogP contribution < -0.4 is 10.6 Å². The zero-order chi connectivity index (χ0) is 17.5. The summed E-state index contributed by atoms with van der Waals surface area (Å²) in [6, 6.07) is 7.70. The van der Waals surface area contributed by atoms with Gasteiger partial charge in [0.15, 0.2) is 0 Å². The van der Waals surface area contributed by atoms with Crippen molar-refractivity contribution in [3.05, 3.63) is 29.8 Å². The SMILES string of the molecule is CNCC1CCN(C(=O)C(C)SCC(=O)Nc2ccc(C)cc2)C1.Cl. The monoisotopic (exact) mass is 385 g/mol. The zero-order valence-corrected chi connectivity index (χ0v) is 16.7. The van der Waals surface area contributed by atoms with Gasteiger partial charge in [-0.2, -0.15) is 0 Å². The Balaban J connectivity index is 0.00000312. The molecule has 2 unspecified atom stereocenters. The second-order valence-electron chi connectivity index (χ2n) is 6.36. The Kier molecular flexibility index (Phi) is 9.32. The van der Waals surface area contributed by atoms with Gasteiger partial charge in [-0.3, -0.25) is 9.59 Å². The number of hydrogen-bond acceptors (Lipinski definition) is 4. The van der Waals surface area contributed by atoms with E-state index >= 15 is 0 Å². The first-order chi connectivity index (χ1) is 11.5. The largest absolute Gasteiger partial charge is 0.341 e. The zero-order valence-electron chi connectivity index (χ0n) is 15.1. The highest BCUT2D eigenvalue weighted by atomic mass is 35.5. The Hall–Kier alpha value is -1.24. The lowest BCUT2D eigenvalue weighted by Gasteiger charge is -2.20. The summed E-state index contributed by atoms with van der Waals surface area (Å²) in [6.45, 7) is 6.49. The maximum Gasteiger partial charge on any atom is 0.235 e. The summed E-state index contributed by atoms with van der Waals surface area (Å²) in [4.78, 5) is 26.4. The van der Waals surface area contributed by atoms with Gasteiger partial charge in [-0.1, -0.05) is 17.7 Å². The number of anilines is 1. The number of carbonyl (C=O) groups is 2. The number of amides is 2. The number of aryl methyl sites for hydroxylation is 1. The van der Waals surface area contributed by atoms with Gasteiger partial charge in [-0.05, 0) is 51.9 Å². The van der Waals surface area contributed by atoms with Crippen LogP contribution in [-0.4, -0.2) is 54.4 Å². The fourth-order valence-corrected chi connectivity index (χ4v) is 3.62. The molecule has 140 valence electrons. The first-order valence-electron chi connectivity index (χ1n) is 8.41. The first-order valence-corrected chi connectivity index (χ1v) is 9.46. The molecule has 1 aromatic rings. The van der Waals surface area contributed by atoms with Crippen molar-refractivity contribution in [1.29, 1.82) is 0 Å². The molecule has 1 heterocycles. The van der Waals surface area contributed by atoms with Gasteiger partial charge < -0.3 is 15.5 Å². The third kappa shape index (κ3) is 6.88. The van der Waals surface area contributed by atoms with Gasteiger partial charge in [0.1, 0.15) is 0 Å². The van der Waals surface area contributed by atoms with E-state index in [1.807, 2.05) is 50.1 Å². The molecule has 0 bridgehead atoms. The molecular weight excluding hydrogens is 358 g/mol. The van der Waals surface area contributed by atoms with Crippen LogP contribution in [0.2, 0.25) is 0 Å². The van der Waals surface area contributed by atoms with Gasteiger partial charge in [-0.15, -0.1) is 24.2 Å². The number of thioether (sulfide) groups is 1. The Bertz CT molecular complexity index is 568. The molecule has 1 aliphatic rings. The Morgan fingerprint density at radius 2 is 2.00 bits per heavy atom. The summed E-state index contributed by atoms with van der Waals surface area (Å²) in [5, 5.41) is 5.84. The number of carbonyl (C=O) groups excluding carboxylic acids is 2. The lowest BCUT2D eigenvalue weighted by molar-refractivity contribution is -0.129. The Morgan fingerprint density at radius 3 is 2.64 bits per heavy atom. The van der Waals surface area contributed by atoms with Gasteiger partial charge in [0.2, 0.25) is 11.8 Å². The second-order valence-corrected chi connectivity index (χ2v) is 7.69. The lowest BCUT2D eigenvalue weighted by Crippen LogP contribution is -2.36. The fraction of sp³-hybridized carbons (Fsp3) is 0.556. The van der Waals surface area contributed by atoms with Crippen molar-refractivity contribution in [2.45, 2.75) is 25.5 Å². The van der Waals surface area contributed by atoms with Gasteiger partial charge in [-0.25, -0.2) is 0 Å². The molecule has 2 N–H and O–H groups in total. The summed E-state index contributed by atoms with van der Waals surface area (Å²) in [7, 11) is 1.94. The molecule has 7 heteroatoms. The first kappa shape index (κ1) is 21.8. The minimum absolute atomic E-state index is 0. The van der Waals surface area contributed by atoms with E-state index in [9.17, 15) is 9.59 Å². The summed E-state index contributed by atoms with van der Waals surface area (Å²) in [5.74, 6) is 0.898. The minimum atomic E-state index is -0.192. The fourth-order valence-electron chi connectivity index (χ4n) is 2.85. The second kappa shape index (κ2) is 10.7. The van der Waals surface area contributed by atoms with E-state index in [1.165, 1.54) is 11.8 Å². The van der Waals surface area contributed by atoms with E-state index in [0.29, 0.717) is 5.92 Å². The normalized spacial score (nSPS) is 17.7. The molecule has 1 aliphatic heterocycles. The van der Waals surface area contributed by atoms with Crippen LogP contribution in [-0.2, 0) is 9.59 Å². The van der Waals surface area contributed by atoms with Crippen LogP contribution in [0.5, 0.6) is 0 Å². The van der Waals surface area contributed by atoms with Crippen LogP contribution in [0.1, 0.15) is 18.9 Å². The van der Waals surface area contributed by atoms with Gasteiger partial charge >= 0.3 is 0 Å². The topological polar surface area (TPSA) is 61.4 Å². The smallest absolute Gasteiger partial charge is 0.235 e. The maximum atomic E-state index is 12.5. The molecule has 5 nitrogen and oxygen atoms in total. The highest BCUT2D eigenvalue weighted by molar-refractivity contribution is 8.01. The molecule has 0 radical (unpaired) electrons. The van der Waals surface area contributed by atoms with E-state index in [4.69, 9.17) is 0 Å². The molecule has 2 atom stereocenters. The summed E-state index contributed by atoms with van der Waals surface area (Å²) in [5.41, 5.74) is 1.95. The minimum Gasteiger partial charge on any atom is -0.341 e. The van der Waals surface area contributed by atoms with Crippen molar-refractivity contribution >= 4 is 41.7 Å². The molecule has 0 aromatic heterocycles. The molecular formula is C18H28ClN3O2S. The van der Waals surface area contributed by atoms with Gasteiger partial charge in [0.25, 0.3) is 0 Å². The third-order valence-corrected chi connectivity index (χ3v) is 5.37. The molecule has 1 fully saturated rings. The van der Waals surface area contributed by atoms with E-state index in [2.05, 4.69) is 10.6 Å². The molecule has 25 heavy (non-hydrogen) atoms. The molecule has 2 rings (SSSR count). The van der Waals surface area contributed by atoms with Crippen LogP contribution in [0.3, 0.4) is 0 Å². The van der Waals surface area contributed by atoms with Crippen LogP contribution >= 0.6 is 24.2 Å². The number of hydrogen-bond donors (Lipinski definition) is 2. The Labute approximate surface area is 160 Å². The van der Waals surface area contributed by atoms with Crippen molar-refractivity contribution in [3.8, 4) is 0 Å². The molecule has 1 aromatic carbocycles. The molecule has 1 saturated heterocycles. The van der Waals surface area contributed by atoms with Gasteiger partial charge in [0, 0.05) is 18.8 Å². The molecule has 2 amide bonds. The summed E-state index contributed by atoms with van der Waals surface area (Å²) < 4.78 is 0. The summed E-state index contributed by atoms with van der Waals surface area (Å²) in [6.07, 6.45) is 1.05. The van der Waals surface area contributed by atoms with E-state index in [0.717, 1.165) is 37.3 Å². The Morgan fingerprint density at radius 1 is 1.32 bits per heavy atom. The van der Waals surface area contributed by atoms with Crippen LogP contribution in [0.4, 0.5) is 5.69 Å². The van der Waals surface area contributed by atoms with E-state index in [-0.39, 0.29) is 35.2 Å². The van der Waals surface area contributed by atoms with Crippen LogP contribution in [0.15, 0.2) is 24.3 Å². The average molecular weight is 386 g/mol. The predicted octanol–water partition coefficient (Wildman–Crippen LogP) is 2.54.